The number of nitrogens with one attached hydrogen (secondary N) is 1. The number of hydrogen-bond donors (Lipinski definition) is 2. The highest BCUT2D eigenvalue weighted by atomic mass is 35.5. The molecule has 0 saturated heterocycles. The summed E-state index contributed by atoms with van der Waals surface area (Å²) >= 11 is 6.01. The Morgan fingerprint density at radius 3 is 2.87 bits per heavy atom. The second-order valence-electron chi connectivity index (χ2n) is 3.12. The topological polar surface area (TPSA) is 41.5 Å². The van der Waals surface area contributed by atoms with Gasteiger partial charge in [-0.1, -0.05) is 24.6 Å². The van der Waals surface area contributed by atoms with Crippen molar-refractivity contribution in [1.82, 2.24) is 5.32 Å². The van der Waals surface area contributed by atoms with Gasteiger partial charge in [0.15, 0.2) is 0 Å². The normalized spacial score (nSPS) is 10.3. The van der Waals surface area contributed by atoms with E-state index in [4.69, 9.17) is 21.4 Å². The first-order valence-corrected chi connectivity index (χ1v) is 5.38. The zero-order valence-electron chi connectivity index (χ0n) is 8.79. The third-order valence-corrected chi connectivity index (χ3v) is 2.22. The fraction of sp³-hybridized carbons (Fsp3) is 0.455. The lowest BCUT2D eigenvalue weighted by Gasteiger charge is -2.08. The van der Waals surface area contributed by atoms with Crippen LogP contribution in [0.4, 0.5) is 0 Å². The lowest BCUT2D eigenvalue weighted by Crippen LogP contribution is -2.11. The van der Waals surface area contributed by atoms with Gasteiger partial charge in [0.1, 0.15) is 12.4 Å². The minimum absolute atomic E-state index is 0.00449. The van der Waals surface area contributed by atoms with E-state index in [0.29, 0.717) is 10.8 Å². The summed E-state index contributed by atoms with van der Waals surface area (Å²) < 4.78 is 5.24. The quantitative estimate of drug-likeness (QED) is 0.782. The van der Waals surface area contributed by atoms with Crippen molar-refractivity contribution < 1.29 is 9.84 Å². The first-order chi connectivity index (χ1) is 7.27. The van der Waals surface area contributed by atoms with Crippen molar-refractivity contribution in [2.24, 2.45) is 0 Å². The van der Waals surface area contributed by atoms with Crippen LogP contribution in [-0.4, -0.2) is 24.9 Å². The molecule has 0 saturated carbocycles. The van der Waals surface area contributed by atoms with E-state index in [1.807, 2.05) is 18.2 Å². The molecule has 3 nitrogen and oxygen atoms in total. The van der Waals surface area contributed by atoms with Gasteiger partial charge in [-0.3, -0.25) is 0 Å². The van der Waals surface area contributed by atoms with Gasteiger partial charge in [0.05, 0.1) is 11.6 Å². The predicted octanol–water partition coefficient (Wildman–Crippen LogP) is 1.82. The van der Waals surface area contributed by atoms with Gasteiger partial charge in [-0.2, -0.15) is 0 Å². The summed E-state index contributed by atoms with van der Waals surface area (Å²) in [6, 6.07) is 5.66. The van der Waals surface area contributed by atoms with Crippen LogP contribution in [0.2, 0.25) is 5.02 Å². The second-order valence-corrected chi connectivity index (χ2v) is 3.52. The molecule has 0 amide bonds. The van der Waals surface area contributed by atoms with Crippen molar-refractivity contribution in [3.05, 3.63) is 28.8 Å². The molecular weight excluding hydrogens is 214 g/mol. The van der Waals surface area contributed by atoms with Crippen LogP contribution in [0, 0.1) is 0 Å². The predicted molar refractivity (Wildman–Crippen MR) is 61.4 cm³/mol. The molecule has 0 aliphatic carbocycles. The summed E-state index contributed by atoms with van der Waals surface area (Å²) in [5, 5.41) is 12.4. The van der Waals surface area contributed by atoms with Crippen LogP contribution in [0.1, 0.15) is 12.5 Å². The molecule has 4 heteroatoms. The molecule has 0 bridgehead atoms. The summed E-state index contributed by atoms with van der Waals surface area (Å²) in [7, 11) is 0. The molecule has 0 aromatic heterocycles. The lowest BCUT2D eigenvalue weighted by atomic mass is 10.2. The first-order valence-electron chi connectivity index (χ1n) is 5.00. The number of aliphatic hydroxyl groups is 1. The number of halogens is 1. The highest BCUT2D eigenvalue weighted by molar-refractivity contribution is 6.32. The maximum atomic E-state index is 8.61. The second kappa shape index (κ2) is 6.67. The van der Waals surface area contributed by atoms with E-state index in [1.54, 1.807) is 0 Å². The van der Waals surface area contributed by atoms with Gasteiger partial charge in [-0.05, 0) is 24.2 Å². The van der Waals surface area contributed by atoms with Gasteiger partial charge >= 0.3 is 0 Å². The summed E-state index contributed by atoms with van der Waals surface area (Å²) in [4.78, 5) is 0. The fourth-order valence-corrected chi connectivity index (χ4v) is 1.45. The standard InChI is InChI=1S/C11H16ClNO2/c1-2-13-8-9-3-4-11(10(12)7-9)15-6-5-14/h3-4,7,13-14H,2,5-6,8H2,1H3. The maximum Gasteiger partial charge on any atom is 0.138 e. The van der Waals surface area contributed by atoms with Crippen molar-refractivity contribution in [3.8, 4) is 5.75 Å². The minimum Gasteiger partial charge on any atom is -0.490 e. The Kier molecular flexibility index (Phi) is 5.47. The fourth-order valence-electron chi connectivity index (χ4n) is 1.20. The van der Waals surface area contributed by atoms with E-state index in [0.717, 1.165) is 18.7 Å². The van der Waals surface area contributed by atoms with Gasteiger partial charge < -0.3 is 15.2 Å². The van der Waals surface area contributed by atoms with Crippen LogP contribution >= 0.6 is 11.6 Å². The molecule has 0 heterocycles. The molecule has 0 aliphatic heterocycles. The Balaban J connectivity index is 2.61. The molecule has 0 atom stereocenters. The number of rotatable bonds is 6. The highest BCUT2D eigenvalue weighted by Crippen LogP contribution is 2.25. The Bertz CT molecular complexity index is 305. The largest absolute Gasteiger partial charge is 0.490 e. The first kappa shape index (κ1) is 12.3. The Hall–Kier alpha value is -0.770. The van der Waals surface area contributed by atoms with E-state index in [2.05, 4.69) is 12.2 Å². The van der Waals surface area contributed by atoms with Crippen molar-refractivity contribution >= 4 is 11.6 Å². The zero-order valence-corrected chi connectivity index (χ0v) is 9.55. The van der Waals surface area contributed by atoms with Gasteiger partial charge in [-0.15, -0.1) is 0 Å². The van der Waals surface area contributed by atoms with Gasteiger partial charge in [0, 0.05) is 6.54 Å². The number of benzene rings is 1. The monoisotopic (exact) mass is 229 g/mol. The summed E-state index contributed by atoms with van der Waals surface area (Å²) in [6.45, 7) is 4.05. The Labute approximate surface area is 95.0 Å². The molecule has 0 radical (unpaired) electrons. The van der Waals surface area contributed by atoms with Crippen LogP contribution in [0.25, 0.3) is 0 Å². The van der Waals surface area contributed by atoms with Crippen molar-refractivity contribution in [2.45, 2.75) is 13.5 Å². The molecule has 0 spiro atoms. The van der Waals surface area contributed by atoms with E-state index < -0.39 is 0 Å². The molecule has 15 heavy (non-hydrogen) atoms. The number of aliphatic hydroxyl groups excluding tert-OH is 1. The zero-order chi connectivity index (χ0) is 11.1. The summed E-state index contributed by atoms with van der Waals surface area (Å²) in [5.41, 5.74) is 1.12. The third-order valence-electron chi connectivity index (χ3n) is 1.92. The Morgan fingerprint density at radius 2 is 2.27 bits per heavy atom. The van der Waals surface area contributed by atoms with Crippen molar-refractivity contribution in [3.63, 3.8) is 0 Å². The molecule has 84 valence electrons. The van der Waals surface area contributed by atoms with Gasteiger partial charge in [0.25, 0.3) is 0 Å². The molecule has 1 aromatic rings. The van der Waals surface area contributed by atoms with Crippen LogP contribution in [0.5, 0.6) is 5.75 Å². The number of ether oxygens (including phenoxy) is 1. The molecular formula is C11H16ClNO2. The van der Waals surface area contributed by atoms with E-state index in [1.165, 1.54) is 0 Å². The van der Waals surface area contributed by atoms with Crippen molar-refractivity contribution in [1.29, 1.82) is 0 Å². The van der Waals surface area contributed by atoms with Gasteiger partial charge in [0.2, 0.25) is 0 Å². The SMILES string of the molecule is CCNCc1ccc(OCCO)c(Cl)c1. The van der Waals surface area contributed by atoms with Gasteiger partial charge in [-0.25, -0.2) is 0 Å². The lowest BCUT2D eigenvalue weighted by molar-refractivity contribution is 0.201. The third kappa shape index (κ3) is 4.08. The van der Waals surface area contributed by atoms with Crippen LogP contribution in [0.15, 0.2) is 18.2 Å². The molecule has 0 fully saturated rings. The van der Waals surface area contributed by atoms with E-state index in [9.17, 15) is 0 Å². The highest BCUT2D eigenvalue weighted by Gasteiger charge is 2.02. The van der Waals surface area contributed by atoms with E-state index in [-0.39, 0.29) is 13.2 Å². The molecule has 1 aromatic carbocycles. The molecule has 1 rings (SSSR count). The van der Waals surface area contributed by atoms with E-state index >= 15 is 0 Å². The van der Waals surface area contributed by atoms with Crippen LogP contribution in [0.3, 0.4) is 0 Å². The minimum atomic E-state index is -0.00449. The van der Waals surface area contributed by atoms with Crippen LogP contribution in [-0.2, 0) is 6.54 Å². The molecule has 2 N–H and O–H groups in total. The van der Waals surface area contributed by atoms with Crippen LogP contribution < -0.4 is 10.1 Å². The maximum absolute atomic E-state index is 8.61. The Morgan fingerprint density at radius 1 is 1.47 bits per heavy atom. The summed E-state index contributed by atoms with van der Waals surface area (Å²) in [6.07, 6.45) is 0. The summed E-state index contributed by atoms with van der Waals surface area (Å²) in [5.74, 6) is 0.617. The average molecular weight is 230 g/mol. The molecule has 0 aliphatic rings. The smallest absolute Gasteiger partial charge is 0.138 e. The average Bonchev–Trinajstić information content (AvgIpc) is 2.25. The van der Waals surface area contributed by atoms with Crippen molar-refractivity contribution in [2.75, 3.05) is 19.8 Å². The number of hydrogen-bond acceptors (Lipinski definition) is 3. The molecule has 0 unspecified atom stereocenters.